The summed E-state index contributed by atoms with van der Waals surface area (Å²) in [6, 6.07) is 0. The highest BCUT2D eigenvalue weighted by molar-refractivity contribution is 7.15. The third-order valence-corrected chi connectivity index (χ3v) is 4.36. The van der Waals surface area contributed by atoms with Crippen LogP contribution in [0.25, 0.3) is 0 Å². The predicted molar refractivity (Wildman–Crippen MR) is 93.9 cm³/mol. The van der Waals surface area contributed by atoms with Gasteiger partial charge in [-0.1, -0.05) is 41.5 Å². The molecule has 0 aromatic carbocycles. The lowest BCUT2D eigenvalue weighted by Crippen LogP contribution is -2.24. The number of nitrogen functional groups attached to an aromatic ring is 1. The highest BCUT2D eigenvalue weighted by atomic mass is 32.1. The monoisotopic (exact) mass is 334 g/mol. The average molecular weight is 335 g/mol. The Bertz CT molecular complexity index is 407. The van der Waals surface area contributed by atoms with E-state index in [9.17, 15) is 8.78 Å². The molecule has 1 aliphatic carbocycles. The molecule has 0 unspecified atom stereocenters. The molecule has 1 heterocycles. The van der Waals surface area contributed by atoms with Crippen LogP contribution < -0.4 is 5.73 Å². The van der Waals surface area contributed by atoms with Gasteiger partial charge in [0.25, 0.3) is 0 Å². The lowest BCUT2D eigenvalue weighted by Gasteiger charge is -2.27. The van der Waals surface area contributed by atoms with Crippen LogP contribution in [-0.4, -0.2) is 10.9 Å². The molecule has 22 heavy (non-hydrogen) atoms. The van der Waals surface area contributed by atoms with Gasteiger partial charge in [-0.3, -0.25) is 0 Å². The van der Waals surface area contributed by atoms with Gasteiger partial charge in [-0.05, 0) is 25.2 Å². The Kier molecular flexibility index (Phi) is 9.81. The van der Waals surface area contributed by atoms with E-state index in [0.29, 0.717) is 23.9 Å². The summed E-state index contributed by atoms with van der Waals surface area (Å²) in [6.07, 6.45) is 1.96. The van der Waals surface area contributed by atoms with E-state index in [1.54, 1.807) is 0 Å². The van der Waals surface area contributed by atoms with Crippen molar-refractivity contribution in [2.24, 2.45) is 5.92 Å². The lowest BCUT2D eigenvalue weighted by atomic mass is 9.84. The zero-order valence-electron chi connectivity index (χ0n) is 14.9. The minimum Gasteiger partial charge on any atom is -0.375 e. The molecule has 2 rings (SSSR count). The molecule has 0 aliphatic heterocycles. The maximum Gasteiger partial charge on any atom is 0.248 e. The normalized spacial score (nSPS) is 17.3. The fraction of sp³-hybridized carbons (Fsp3) is 0.824. The van der Waals surface area contributed by atoms with Crippen molar-refractivity contribution >= 4 is 16.5 Å². The fourth-order valence-corrected chi connectivity index (χ4v) is 3.66. The zero-order valence-corrected chi connectivity index (χ0v) is 15.7. The van der Waals surface area contributed by atoms with Gasteiger partial charge in [-0.15, -0.1) is 11.3 Å². The van der Waals surface area contributed by atoms with Gasteiger partial charge in [0.2, 0.25) is 5.92 Å². The number of rotatable bonds is 3. The topological polar surface area (TPSA) is 38.9 Å². The zero-order chi connectivity index (χ0) is 17.3. The van der Waals surface area contributed by atoms with Crippen molar-refractivity contribution in [3.63, 3.8) is 0 Å². The Balaban J connectivity index is 0.00000102. The van der Waals surface area contributed by atoms with E-state index in [1.807, 2.05) is 27.7 Å². The second-order valence-corrected chi connectivity index (χ2v) is 6.70. The lowest BCUT2D eigenvalue weighted by molar-refractivity contribution is -0.0385. The first kappa shape index (κ1) is 21.3. The van der Waals surface area contributed by atoms with Gasteiger partial charge in [0, 0.05) is 23.6 Å². The van der Waals surface area contributed by atoms with E-state index in [4.69, 9.17) is 5.73 Å². The quantitative estimate of drug-likeness (QED) is 0.707. The van der Waals surface area contributed by atoms with Crippen LogP contribution in [0.15, 0.2) is 0 Å². The summed E-state index contributed by atoms with van der Waals surface area (Å²) in [4.78, 5) is 5.58. The smallest absolute Gasteiger partial charge is 0.248 e. The first-order valence-corrected chi connectivity index (χ1v) is 9.32. The summed E-state index contributed by atoms with van der Waals surface area (Å²) in [6.45, 7) is 12.3. The highest BCUT2D eigenvalue weighted by Gasteiger charge is 2.36. The Morgan fingerprint density at radius 1 is 1.18 bits per heavy atom. The standard InChI is InChI=1S/C13H20F2N2S.2C2H6/c1-8(2)7-10-11(17-12(16)18-10)9-3-5-13(14,15)6-4-9;2*1-2/h8-9H,3-7H2,1-2H3,(H2,16,17);2*1-2H3. The average Bonchev–Trinajstić information content (AvgIpc) is 2.83. The maximum atomic E-state index is 13.2. The molecule has 0 amide bonds. The molecule has 2 N–H and O–H groups in total. The van der Waals surface area contributed by atoms with Crippen molar-refractivity contribution in [1.82, 2.24) is 4.98 Å². The molecule has 1 saturated carbocycles. The van der Waals surface area contributed by atoms with Gasteiger partial charge < -0.3 is 5.73 Å². The van der Waals surface area contributed by atoms with Gasteiger partial charge in [0.15, 0.2) is 5.13 Å². The van der Waals surface area contributed by atoms with Crippen LogP contribution in [0.2, 0.25) is 0 Å². The van der Waals surface area contributed by atoms with Crippen LogP contribution in [0.4, 0.5) is 13.9 Å². The van der Waals surface area contributed by atoms with Crippen molar-refractivity contribution in [2.75, 3.05) is 5.73 Å². The summed E-state index contributed by atoms with van der Waals surface area (Å²) in [5.41, 5.74) is 6.76. The second kappa shape index (κ2) is 10.1. The Hall–Kier alpha value is -0.710. The van der Waals surface area contributed by atoms with E-state index < -0.39 is 5.92 Å². The van der Waals surface area contributed by atoms with Crippen molar-refractivity contribution in [3.05, 3.63) is 10.6 Å². The molecule has 2 nitrogen and oxygen atoms in total. The number of anilines is 1. The Morgan fingerprint density at radius 2 is 1.68 bits per heavy atom. The molecule has 1 aliphatic rings. The third kappa shape index (κ3) is 6.59. The molecule has 0 bridgehead atoms. The summed E-state index contributed by atoms with van der Waals surface area (Å²) < 4.78 is 26.3. The van der Waals surface area contributed by atoms with Crippen LogP contribution >= 0.6 is 11.3 Å². The van der Waals surface area contributed by atoms with E-state index in [0.717, 1.165) is 12.1 Å². The number of halogens is 2. The van der Waals surface area contributed by atoms with Gasteiger partial charge in [-0.2, -0.15) is 0 Å². The number of nitrogens with two attached hydrogens (primary N) is 1. The Morgan fingerprint density at radius 3 is 2.14 bits per heavy atom. The van der Waals surface area contributed by atoms with Gasteiger partial charge in [0.1, 0.15) is 0 Å². The fourth-order valence-electron chi connectivity index (χ4n) is 2.53. The first-order chi connectivity index (χ1) is 10.4. The summed E-state index contributed by atoms with van der Waals surface area (Å²) >= 11 is 1.52. The summed E-state index contributed by atoms with van der Waals surface area (Å²) in [5.74, 6) is -1.77. The molecular weight excluding hydrogens is 302 g/mol. The number of nitrogens with zero attached hydrogens (tertiary/aromatic N) is 1. The van der Waals surface area contributed by atoms with E-state index >= 15 is 0 Å². The molecule has 1 fully saturated rings. The molecular formula is C17H32F2N2S. The first-order valence-electron chi connectivity index (χ1n) is 8.50. The molecule has 130 valence electrons. The summed E-state index contributed by atoms with van der Waals surface area (Å²) in [7, 11) is 0. The molecule has 1 aromatic heterocycles. The molecule has 1 aromatic rings. The number of hydrogen-bond acceptors (Lipinski definition) is 3. The molecule has 0 radical (unpaired) electrons. The maximum absolute atomic E-state index is 13.2. The molecule has 0 spiro atoms. The SMILES string of the molecule is CC.CC.CC(C)Cc1sc(N)nc1C1CCC(F)(F)CC1. The third-order valence-electron chi connectivity index (χ3n) is 3.44. The molecule has 0 saturated heterocycles. The van der Waals surface area contributed by atoms with Crippen molar-refractivity contribution < 1.29 is 8.78 Å². The minimum atomic E-state index is -2.48. The largest absolute Gasteiger partial charge is 0.375 e. The molecule has 5 heteroatoms. The van der Waals surface area contributed by atoms with Crippen LogP contribution in [0.1, 0.15) is 83.7 Å². The minimum absolute atomic E-state index is 0.0176. The number of thiazole rings is 1. The predicted octanol–water partition coefficient (Wildman–Crippen LogP) is 6.27. The van der Waals surface area contributed by atoms with Gasteiger partial charge in [0.05, 0.1) is 5.69 Å². The van der Waals surface area contributed by atoms with Crippen LogP contribution in [0.5, 0.6) is 0 Å². The van der Waals surface area contributed by atoms with E-state index in [-0.39, 0.29) is 18.8 Å². The number of aromatic nitrogens is 1. The van der Waals surface area contributed by atoms with Crippen LogP contribution in [0.3, 0.4) is 0 Å². The van der Waals surface area contributed by atoms with Crippen LogP contribution in [-0.2, 0) is 6.42 Å². The van der Waals surface area contributed by atoms with E-state index in [2.05, 4.69) is 18.8 Å². The van der Waals surface area contributed by atoms with Crippen LogP contribution in [0, 0.1) is 5.92 Å². The van der Waals surface area contributed by atoms with Crippen molar-refractivity contribution in [2.45, 2.75) is 85.5 Å². The number of alkyl halides is 2. The van der Waals surface area contributed by atoms with Gasteiger partial charge >= 0.3 is 0 Å². The highest BCUT2D eigenvalue weighted by Crippen LogP contribution is 2.43. The second-order valence-electron chi connectivity index (χ2n) is 5.59. The van der Waals surface area contributed by atoms with Gasteiger partial charge in [-0.25, -0.2) is 13.8 Å². The van der Waals surface area contributed by atoms with Crippen molar-refractivity contribution in [3.8, 4) is 0 Å². The van der Waals surface area contributed by atoms with E-state index in [1.165, 1.54) is 16.2 Å². The number of hydrogen-bond donors (Lipinski definition) is 1. The molecule has 0 atom stereocenters. The summed E-state index contributed by atoms with van der Waals surface area (Å²) in [5, 5.41) is 0.568. The van der Waals surface area contributed by atoms with Crippen molar-refractivity contribution in [1.29, 1.82) is 0 Å². The Labute approximate surface area is 138 Å².